The summed E-state index contributed by atoms with van der Waals surface area (Å²) in [6.07, 6.45) is 1.30. The number of anilines is 2. The van der Waals surface area contributed by atoms with Gasteiger partial charge in [0.15, 0.2) is 5.16 Å². The normalized spacial score (nSPS) is 10.4. The summed E-state index contributed by atoms with van der Waals surface area (Å²) in [5.41, 5.74) is 10.8. The van der Waals surface area contributed by atoms with E-state index in [0.717, 1.165) is 11.8 Å². The molecule has 0 aliphatic carbocycles. The van der Waals surface area contributed by atoms with Gasteiger partial charge in [-0.25, -0.2) is 15.0 Å². The maximum Gasteiger partial charge on any atom is 0.266 e. The van der Waals surface area contributed by atoms with Crippen molar-refractivity contribution >= 4 is 39.3 Å². The number of aromatic nitrogens is 4. The molecule has 0 amide bonds. The maximum absolute atomic E-state index is 11.3. The highest BCUT2D eigenvalue weighted by Gasteiger charge is 2.10. The Labute approximate surface area is 108 Å². The summed E-state index contributed by atoms with van der Waals surface area (Å²) in [5.74, 6) is 0.530. The standard InChI is InChI=1S/C8H7BrN6OS/c9-5-6(16)12-2-13-7(5)17-8-14-3(10)1-4(11)15-8/h1-2H,(H,12,13,16)(H4,10,11,14,15). The number of nitrogens with two attached hydrogens (primary N) is 2. The Balaban J connectivity index is 2.38. The Morgan fingerprint density at radius 2 is 1.94 bits per heavy atom. The van der Waals surface area contributed by atoms with Gasteiger partial charge in [-0.2, -0.15) is 0 Å². The van der Waals surface area contributed by atoms with Crippen LogP contribution in [0.3, 0.4) is 0 Å². The highest BCUT2D eigenvalue weighted by Crippen LogP contribution is 2.27. The van der Waals surface area contributed by atoms with Crippen LogP contribution in [0.2, 0.25) is 0 Å². The van der Waals surface area contributed by atoms with Crippen LogP contribution in [0, 0.1) is 0 Å². The van der Waals surface area contributed by atoms with E-state index in [1.54, 1.807) is 0 Å². The molecule has 0 aromatic carbocycles. The highest BCUT2D eigenvalue weighted by atomic mass is 79.9. The second-order valence-electron chi connectivity index (χ2n) is 2.95. The smallest absolute Gasteiger partial charge is 0.266 e. The molecule has 17 heavy (non-hydrogen) atoms. The van der Waals surface area contributed by atoms with Crippen molar-refractivity contribution in [3.05, 3.63) is 27.2 Å². The Morgan fingerprint density at radius 1 is 1.29 bits per heavy atom. The molecule has 7 nitrogen and oxygen atoms in total. The van der Waals surface area contributed by atoms with Crippen molar-refractivity contribution in [1.29, 1.82) is 0 Å². The third-order valence-corrected chi connectivity index (χ3v) is 3.56. The molecule has 2 aromatic rings. The zero-order chi connectivity index (χ0) is 12.4. The van der Waals surface area contributed by atoms with Crippen molar-refractivity contribution in [1.82, 2.24) is 19.9 Å². The SMILES string of the molecule is Nc1cc(N)nc(Sc2nc[nH]c(=O)c2Br)n1. The molecule has 0 aliphatic rings. The van der Waals surface area contributed by atoms with Crippen molar-refractivity contribution in [3.63, 3.8) is 0 Å². The molecular formula is C8H7BrN6OS. The molecule has 0 unspecified atom stereocenters. The first-order chi connectivity index (χ1) is 8.06. The second-order valence-corrected chi connectivity index (χ2v) is 4.70. The number of aromatic amines is 1. The molecule has 0 aliphatic heterocycles. The number of nitrogens with zero attached hydrogens (tertiary/aromatic N) is 3. The molecule has 0 radical (unpaired) electrons. The van der Waals surface area contributed by atoms with E-state index in [0.29, 0.717) is 14.7 Å². The lowest BCUT2D eigenvalue weighted by molar-refractivity contribution is 0.954. The maximum atomic E-state index is 11.3. The number of halogens is 1. The number of rotatable bonds is 2. The molecule has 0 atom stereocenters. The fourth-order valence-corrected chi connectivity index (χ4v) is 2.25. The predicted octanol–water partition coefficient (Wildman–Crippen LogP) is 0.638. The van der Waals surface area contributed by atoms with E-state index in [4.69, 9.17) is 11.5 Å². The van der Waals surface area contributed by atoms with Gasteiger partial charge >= 0.3 is 0 Å². The number of nitrogens with one attached hydrogen (secondary N) is 1. The third kappa shape index (κ3) is 2.74. The minimum atomic E-state index is -0.278. The Hall–Kier alpha value is -1.61. The van der Waals surface area contributed by atoms with Gasteiger partial charge in [-0.1, -0.05) is 0 Å². The molecule has 2 aromatic heterocycles. The summed E-state index contributed by atoms with van der Waals surface area (Å²) in [6, 6.07) is 1.45. The highest BCUT2D eigenvalue weighted by molar-refractivity contribution is 9.10. The number of hydrogen-bond acceptors (Lipinski definition) is 7. The van der Waals surface area contributed by atoms with Gasteiger partial charge in [-0.05, 0) is 27.7 Å². The lowest BCUT2D eigenvalue weighted by Gasteiger charge is -2.02. The van der Waals surface area contributed by atoms with Crippen LogP contribution in [-0.2, 0) is 0 Å². The Morgan fingerprint density at radius 3 is 2.59 bits per heavy atom. The molecule has 0 bridgehead atoms. The van der Waals surface area contributed by atoms with E-state index in [2.05, 4.69) is 35.9 Å². The summed E-state index contributed by atoms with van der Waals surface area (Å²) in [7, 11) is 0. The van der Waals surface area contributed by atoms with Crippen LogP contribution in [0.1, 0.15) is 0 Å². The molecule has 2 heterocycles. The van der Waals surface area contributed by atoms with Crippen molar-refractivity contribution in [2.75, 3.05) is 11.5 Å². The fraction of sp³-hybridized carbons (Fsp3) is 0. The monoisotopic (exact) mass is 314 g/mol. The van der Waals surface area contributed by atoms with E-state index in [1.165, 1.54) is 12.4 Å². The fourth-order valence-electron chi connectivity index (χ4n) is 1.03. The second kappa shape index (κ2) is 4.72. The molecule has 2 rings (SSSR count). The molecular weight excluding hydrogens is 308 g/mol. The van der Waals surface area contributed by atoms with Gasteiger partial charge in [0.1, 0.15) is 21.1 Å². The third-order valence-electron chi connectivity index (χ3n) is 1.70. The van der Waals surface area contributed by atoms with Gasteiger partial charge in [-0.3, -0.25) is 4.79 Å². The van der Waals surface area contributed by atoms with Crippen molar-refractivity contribution in [2.24, 2.45) is 0 Å². The Kier molecular flexibility index (Phi) is 3.29. The van der Waals surface area contributed by atoms with Crippen LogP contribution < -0.4 is 17.0 Å². The molecule has 0 saturated heterocycles. The van der Waals surface area contributed by atoms with E-state index >= 15 is 0 Å². The van der Waals surface area contributed by atoms with Gasteiger partial charge < -0.3 is 16.5 Å². The largest absolute Gasteiger partial charge is 0.383 e. The summed E-state index contributed by atoms with van der Waals surface area (Å²) in [5, 5.41) is 0.778. The van der Waals surface area contributed by atoms with E-state index in [-0.39, 0.29) is 17.2 Å². The quantitative estimate of drug-likeness (QED) is 0.548. The Bertz CT molecular complexity index is 595. The van der Waals surface area contributed by atoms with Gasteiger partial charge in [0, 0.05) is 6.07 Å². The lowest BCUT2D eigenvalue weighted by atomic mass is 10.5. The predicted molar refractivity (Wildman–Crippen MR) is 67.5 cm³/mol. The molecule has 0 spiro atoms. The minimum Gasteiger partial charge on any atom is -0.383 e. The van der Waals surface area contributed by atoms with E-state index in [9.17, 15) is 4.79 Å². The topological polar surface area (TPSA) is 124 Å². The average molecular weight is 315 g/mol. The molecule has 5 N–H and O–H groups in total. The number of nitrogen functional groups attached to an aromatic ring is 2. The zero-order valence-corrected chi connectivity index (χ0v) is 10.7. The van der Waals surface area contributed by atoms with Crippen LogP contribution >= 0.6 is 27.7 Å². The summed E-state index contributed by atoms with van der Waals surface area (Å²) in [4.78, 5) is 25.7. The minimum absolute atomic E-state index is 0.265. The van der Waals surface area contributed by atoms with Gasteiger partial charge in [-0.15, -0.1) is 0 Å². The molecule has 0 fully saturated rings. The molecule has 9 heteroatoms. The first-order valence-electron chi connectivity index (χ1n) is 4.37. The van der Waals surface area contributed by atoms with Gasteiger partial charge in [0.2, 0.25) is 0 Å². The van der Waals surface area contributed by atoms with Crippen LogP contribution in [0.4, 0.5) is 11.6 Å². The van der Waals surface area contributed by atoms with E-state index in [1.807, 2.05) is 0 Å². The van der Waals surface area contributed by atoms with Crippen LogP contribution in [0.25, 0.3) is 0 Å². The van der Waals surface area contributed by atoms with Crippen molar-refractivity contribution in [2.45, 2.75) is 10.2 Å². The van der Waals surface area contributed by atoms with Gasteiger partial charge in [0.25, 0.3) is 5.56 Å². The lowest BCUT2D eigenvalue weighted by Crippen LogP contribution is -2.08. The summed E-state index contributed by atoms with van der Waals surface area (Å²) < 4.78 is 0.314. The van der Waals surface area contributed by atoms with Crippen LogP contribution in [-0.4, -0.2) is 19.9 Å². The van der Waals surface area contributed by atoms with Crippen molar-refractivity contribution in [3.8, 4) is 0 Å². The molecule has 0 saturated carbocycles. The van der Waals surface area contributed by atoms with Crippen molar-refractivity contribution < 1.29 is 0 Å². The summed E-state index contributed by atoms with van der Waals surface area (Å²) >= 11 is 4.23. The first kappa shape index (κ1) is 11.9. The van der Waals surface area contributed by atoms with E-state index < -0.39 is 0 Å². The summed E-state index contributed by atoms with van der Waals surface area (Å²) in [6.45, 7) is 0. The first-order valence-corrected chi connectivity index (χ1v) is 5.98. The molecule has 88 valence electrons. The van der Waals surface area contributed by atoms with Gasteiger partial charge in [0.05, 0.1) is 6.33 Å². The van der Waals surface area contributed by atoms with Crippen LogP contribution in [0.5, 0.6) is 0 Å². The van der Waals surface area contributed by atoms with Crippen LogP contribution in [0.15, 0.2) is 31.8 Å². The zero-order valence-electron chi connectivity index (χ0n) is 8.35. The average Bonchev–Trinajstić information content (AvgIpc) is 2.23. The number of hydrogen-bond donors (Lipinski definition) is 3. The number of H-pyrrole nitrogens is 1.